The zero-order valence-corrected chi connectivity index (χ0v) is 20.3. The maximum absolute atomic E-state index is 13.4. The minimum atomic E-state index is -0.656. The predicted octanol–water partition coefficient (Wildman–Crippen LogP) is 2.97. The van der Waals surface area contributed by atoms with E-state index in [4.69, 9.17) is 18.9 Å². The first kappa shape index (κ1) is 25.4. The molecular weight excluding hydrogens is 436 g/mol. The van der Waals surface area contributed by atoms with Gasteiger partial charge in [-0.05, 0) is 55.2 Å². The topological polar surface area (TPSA) is 86.3 Å². The molecule has 0 bridgehead atoms. The normalized spacial score (nSPS) is 15.9. The molecule has 1 aliphatic rings. The highest BCUT2D eigenvalue weighted by atomic mass is 16.5. The Morgan fingerprint density at radius 2 is 1.74 bits per heavy atom. The molecule has 0 saturated carbocycles. The van der Waals surface area contributed by atoms with Gasteiger partial charge < -0.3 is 29.2 Å². The van der Waals surface area contributed by atoms with Crippen molar-refractivity contribution < 1.29 is 28.5 Å². The average Bonchev–Trinajstić information content (AvgIpc) is 3.39. The lowest BCUT2D eigenvalue weighted by molar-refractivity contribution is -0.140. The molecule has 1 fully saturated rings. The van der Waals surface area contributed by atoms with Crippen molar-refractivity contribution in [1.82, 2.24) is 10.2 Å². The van der Waals surface area contributed by atoms with Gasteiger partial charge in [0.05, 0.1) is 33.9 Å². The number of carbonyl (C=O) groups excluding carboxylic acids is 2. The molecule has 1 N–H and O–H groups in total. The Hall–Kier alpha value is -3.26. The summed E-state index contributed by atoms with van der Waals surface area (Å²) in [4.78, 5) is 28.0. The summed E-state index contributed by atoms with van der Waals surface area (Å²) in [5.41, 5.74) is 1.68. The first-order valence-electron chi connectivity index (χ1n) is 11.5. The molecule has 1 aliphatic heterocycles. The largest absolute Gasteiger partial charge is 0.497 e. The zero-order chi connectivity index (χ0) is 24.5. The van der Waals surface area contributed by atoms with Crippen LogP contribution >= 0.6 is 0 Å². The number of nitrogens with zero attached hydrogens (tertiary/aromatic N) is 1. The summed E-state index contributed by atoms with van der Waals surface area (Å²) in [6.07, 6.45) is 2.10. The molecule has 184 valence electrons. The quantitative estimate of drug-likeness (QED) is 0.544. The number of hydrogen-bond donors (Lipinski definition) is 1. The van der Waals surface area contributed by atoms with Crippen LogP contribution in [0.25, 0.3) is 0 Å². The molecule has 2 atom stereocenters. The number of rotatable bonds is 11. The second-order valence-electron chi connectivity index (χ2n) is 8.29. The van der Waals surface area contributed by atoms with Gasteiger partial charge in [0.15, 0.2) is 11.5 Å². The molecule has 8 heteroatoms. The molecule has 0 unspecified atom stereocenters. The lowest BCUT2D eigenvalue weighted by Gasteiger charge is -2.29. The van der Waals surface area contributed by atoms with E-state index >= 15 is 0 Å². The van der Waals surface area contributed by atoms with Crippen molar-refractivity contribution in [3.8, 4) is 17.2 Å². The molecular formula is C26H34N2O6. The van der Waals surface area contributed by atoms with Crippen LogP contribution in [-0.4, -0.2) is 63.3 Å². The van der Waals surface area contributed by atoms with Crippen LogP contribution < -0.4 is 19.5 Å². The average molecular weight is 471 g/mol. The van der Waals surface area contributed by atoms with Crippen LogP contribution in [0.3, 0.4) is 0 Å². The van der Waals surface area contributed by atoms with Crippen molar-refractivity contribution in [3.05, 3.63) is 53.6 Å². The Labute approximate surface area is 201 Å². The molecule has 2 amide bonds. The van der Waals surface area contributed by atoms with Crippen LogP contribution in [0.5, 0.6) is 17.2 Å². The summed E-state index contributed by atoms with van der Waals surface area (Å²) >= 11 is 0. The molecule has 3 rings (SSSR count). The number of nitrogens with one attached hydrogen (secondary N) is 1. The summed E-state index contributed by atoms with van der Waals surface area (Å²) in [5, 5.41) is 2.95. The highest BCUT2D eigenvalue weighted by Gasteiger charge is 2.27. The van der Waals surface area contributed by atoms with E-state index in [2.05, 4.69) is 5.32 Å². The van der Waals surface area contributed by atoms with E-state index in [1.807, 2.05) is 30.3 Å². The predicted molar refractivity (Wildman–Crippen MR) is 128 cm³/mol. The highest BCUT2D eigenvalue weighted by Crippen LogP contribution is 2.28. The second kappa shape index (κ2) is 12.3. The Morgan fingerprint density at radius 3 is 2.35 bits per heavy atom. The zero-order valence-electron chi connectivity index (χ0n) is 20.3. The van der Waals surface area contributed by atoms with Crippen LogP contribution in [0.15, 0.2) is 42.5 Å². The van der Waals surface area contributed by atoms with Gasteiger partial charge in [0.25, 0.3) is 0 Å². The van der Waals surface area contributed by atoms with Crippen molar-refractivity contribution in [2.45, 2.75) is 44.9 Å². The van der Waals surface area contributed by atoms with Crippen molar-refractivity contribution >= 4 is 11.8 Å². The minimum absolute atomic E-state index is 0.0358. The fourth-order valence-electron chi connectivity index (χ4n) is 3.94. The molecule has 34 heavy (non-hydrogen) atoms. The second-order valence-corrected chi connectivity index (χ2v) is 8.29. The lowest BCUT2D eigenvalue weighted by Crippen LogP contribution is -2.49. The molecule has 2 aromatic carbocycles. The third kappa shape index (κ3) is 6.63. The Kier molecular flexibility index (Phi) is 9.16. The Bertz CT molecular complexity index is 956. The van der Waals surface area contributed by atoms with Crippen LogP contribution in [0.1, 0.15) is 30.9 Å². The van der Waals surface area contributed by atoms with Gasteiger partial charge in [-0.15, -0.1) is 0 Å². The molecule has 0 aliphatic carbocycles. The molecule has 0 radical (unpaired) electrons. The van der Waals surface area contributed by atoms with Gasteiger partial charge in [0.2, 0.25) is 11.8 Å². The van der Waals surface area contributed by atoms with Gasteiger partial charge in [-0.2, -0.15) is 0 Å². The molecule has 2 aromatic rings. The van der Waals surface area contributed by atoms with E-state index in [1.54, 1.807) is 45.3 Å². The monoisotopic (exact) mass is 470 g/mol. The third-order valence-electron chi connectivity index (χ3n) is 6.01. The van der Waals surface area contributed by atoms with Crippen molar-refractivity contribution in [3.63, 3.8) is 0 Å². The standard InChI is InChI=1S/C26H34N2O6/c1-18(26(30)27-16-22-6-5-13-34-22)28(17-19-7-10-21(31-2)11-8-19)25(29)15-20-9-12-23(32-3)24(14-20)33-4/h7-12,14,18,22H,5-6,13,15-17H2,1-4H3,(H,27,30)/t18-,22-/m1/s1. The van der Waals surface area contributed by atoms with Crippen molar-refractivity contribution in [2.75, 3.05) is 34.5 Å². The third-order valence-corrected chi connectivity index (χ3v) is 6.01. The molecule has 8 nitrogen and oxygen atoms in total. The number of methoxy groups -OCH3 is 3. The molecule has 1 saturated heterocycles. The Balaban J connectivity index is 1.76. The van der Waals surface area contributed by atoms with Crippen LogP contribution in [0.2, 0.25) is 0 Å². The number of hydrogen-bond acceptors (Lipinski definition) is 6. The lowest BCUT2D eigenvalue weighted by atomic mass is 10.1. The summed E-state index contributed by atoms with van der Waals surface area (Å²) in [7, 11) is 4.73. The minimum Gasteiger partial charge on any atom is -0.497 e. The van der Waals surface area contributed by atoms with Gasteiger partial charge in [0.1, 0.15) is 11.8 Å². The Morgan fingerprint density at radius 1 is 1.03 bits per heavy atom. The van der Waals surface area contributed by atoms with Crippen LogP contribution in [0.4, 0.5) is 0 Å². The molecule has 0 spiro atoms. The fourth-order valence-corrected chi connectivity index (χ4v) is 3.94. The smallest absolute Gasteiger partial charge is 0.242 e. The van der Waals surface area contributed by atoms with Gasteiger partial charge in [-0.1, -0.05) is 18.2 Å². The first-order valence-corrected chi connectivity index (χ1v) is 11.5. The highest BCUT2D eigenvalue weighted by molar-refractivity contribution is 5.88. The number of benzene rings is 2. The summed E-state index contributed by atoms with van der Waals surface area (Å²) in [6.45, 7) is 3.22. The maximum Gasteiger partial charge on any atom is 0.242 e. The summed E-state index contributed by atoms with van der Waals surface area (Å²) in [5.74, 6) is 1.51. The van der Waals surface area contributed by atoms with Gasteiger partial charge in [-0.25, -0.2) is 0 Å². The summed E-state index contributed by atoms with van der Waals surface area (Å²) < 4.78 is 21.5. The molecule has 0 aromatic heterocycles. The van der Waals surface area contributed by atoms with E-state index in [1.165, 1.54) is 0 Å². The number of carbonyl (C=O) groups is 2. The van der Waals surface area contributed by atoms with Crippen molar-refractivity contribution in [2.24, 2.45) is 0 Å². The van der Waals surface area contributed by atoms with Gasteiger partial charge in [0, 0.05) is 19.7 Å². The summed E-state index contributed by atoms with van der Waals surface area (Å²) in [6, 6.07) is 12.2. The van der Waals surface area contributed by atoms with Gasteiger partial charge >= 0.3 is 0 Å². The van der Waals surface area contributed by atoms with E-state index in [0.29, 0.717) is 24.6 Å². The maximum atomic E-state index is 13.4. The number of amides is 2. The number of ether oxygens (including phenoxy) is 4. The first-order chi connectivity index (χ1) is 16.4. The van der Waals surface area contributed by atoms with Crippen LogP contribution in [-0.2, 0) is 27.3 Å². The van der Waals surface area contributed by atoms with E-state index < -0.39 is 6.04 Å². The van der Waals surface area contributed by atoms with E-state index in [0.717, 1.165) is 36.3 Å². The van der Waals surface area contributed by atoms with Crippen LogP contribution in [0, 0.1) is 0 Å². The molecule has 1 heterocycles. The van der Waals surface area contributed by atoms with E-state index in [-0.39, 0.29) is 24.3 Å². The van der Waals surface area contributed by atoms with Gasteiger partial charge in [-0.3, -0.25) is 9.59 Å². The van der Waals surface area contributed by atoms with Crippen molar-refractivity contribution in [1.29, 1.82) is 0 Å². The van der Waals surface area contributed by atoms with E-state index in [9.17, 15) is 9.59 Å². The fraction of sp³-hybridized carbons (Fsp3) is 0.462. The SMILES string of the molecule is COc1ccc(CN(C(=O)Cc2ccc(OC)c(OC)c2)[C@H](C)C(=O)NC[C@H]2CCCO2)cc1.